The number of hydrogen-bond acceptors (Lipinski definition) is 2. The summed E-state index contributed by atoms with van der Waals surface area (Å²) in [5.74, 6) is 0.823. The van der Waals surface area contributed by atoms with Crippen LogP contribution in [0.3, 0.4) is 0 Å². The Morgan fingerprint density at radius 3 is 2.70 bits per heavy atom. The van der Waals surface area contributed by atoms with Crippen molar-refractivity contribution in [2.24, 2.45) is 5.92 Å². The summed E-state index contributed by atoms with van der Waals surface area (Å²) in [6.07, 6.45) is 7.65. The molecule has 1 aromatic rings. The first-order valence-electron chi connectivity index (χ1n) is 8.78. The highest BCUT2D eigenvalue weighted by Gasteiger charge is 2.35. The fourth-order valence-corrected chi connectivity index (χ4v) is 4.36. The Morgan fingerprint density at radius 2 is 2.00 bits per heavy atom. The number of nitrogens with one attached hydrogen (secondary N) is 1. The maximum absolute atomic E-state index is 12.3. The van der Waals surface area contributed by atoms with E-state index in [1.54, 1.807) is 0 Å². The Balaban J connectivity index is 1.65. The lowest BCUT2D eigenvalue weighted by atomic mass is 9.74. The van der Waals surface area contributed by atoms with Crippen LogP contribution in [0.1, 0.15) is 50.5 Å². The second-order valence-corrected chi connectivity index (χ2v) is 7.95. The molecule has 4 heteroatoms. The van der Waals surface area contributed by atoms with Crippen molar-refractivity contribution in [2.45, 2.75) is 50.4 Å². The van der Waals surface area contributed by atoms with E-state index < -0.39 is 0 Å². The molecular weight excluding hydrogens is 354 g/mol. The number of ether oxygens (including phenoxy) is 1. The van der Waals surface area contributed by atoms with Crippen LogP contribution in [0.2, 0.25) is 0 Å². The summed E-state index contributed by atoms with van der Waals surface area (Å²) >= 11 is 3.57. The van der Waals surface area contributed by atoms with Crippen molar-refractivity contribution in [2.75, 3.05) is 19.8 Å². The van der Waals surface area contributed by atoms with Crippen LogP contribution in [0.15, 0.2) is 28.7 Å². The van der Waals surface area contributed by atoms with Crippen LogP contribution in [0, 0.1) is 5.92 Å². The molecule has 1 aromatic carbocycles. The highest BCUT2D eigenvalue weighted by molar-refractivity contribution is 9.10. The lowest BCUT2D eigenvalue weighted by Gasteiger charge is -2.38. The van der Waals surface area contributed by atoms with E-state index in [0.717, 1.165) is 37.1 Å². The zero-order valence-electron chi connectivity index (χ0n) is 13.7. The molecular formula is C19H26BrNO2. The van der Waals surface area contributed by atoms with Gasteiger partial charge >= 0.3 is 0 Å². The average molecular weight is 380 g/mol. The summed E-state index contributed by atoms with van der Waals surface area (Å²) in [6, 6.07) is 8.50. The molecule has 3 nitrogen and oxygen atoms in total. The van der Waals surface area contributed by atoms with Crippen LogP contribution < -0.4 is 5.32 Å². The second kappa shape index (κ2) is 7.80. The van der Waals surface area contributed by atoms with Crippen LogP contribution in [0.5, 0.6) is 0 Å². The SMILES string of the molecule is O=C(CC1CCCC1)NCC1(c2cccc(Br)c2)CCOCC1. The van der Waals surface area contributed by atoms with Gasteiger partial charge in [0, 0.05) is 36.1 Å². The van der Waals surface area contributed by atoms with Gasteiger partial charge in [-0.25, -0.2) is 0 Å². The lowest BCUT2D eigenvalue weighted by Crippen LogP contribution is -2.44. The monoisotopic (exact) mass is 379 g/mol. The zero-order chi connectivity index (χ0) is 16.1. The third-order valence-electron chi connectivity index (χ3n) is 5.46. The summed E-state index contributed by atoms with van der Waals surface area (Å²) in [4.78, 5) is 12.3. The van der Waals surface area contributed by atoms with E-state index in [1.807, 2.05) is 0 Å². The third-order valence-corrected chi connectivity index (χ3v) is 5.95. The van der Waals surface area contributed by atoms with Gasteiger partial charge in [-0.15, -0.1) is 0 Å². The molecule has 0 bridgehead atoms. The number of carbonyl (C=O) groups is 1. The molecule has 0 radical (unpaired) electrons. The molecule has 23 heavy (non-hydrogen) atoms. The van der Waals surface area contributed by atoms with Crippen LogP contribution >= 0.6 is 15.9 Å². The Kier molecular flexibility index (Phi) is 5.76. The van der Waals surface area contributed by atoms with Gasteiger partial charge in [0.05, 0.1) is 0 Å². The summed E-state index contributed by atoms with van der Waals surface area (Å²) in [5, 5.41) is 3.23. The Hall–Kier alpha value is -0.870. The fourth-order valence-electron chi connectivity index (χ4n) is 3.96. The maximum Gasteiger partial charge on any atom is 0.220 e. The standard InChI is InChI=1S/C19H26BrNO2/c20-17-7-3-6-16(13-17)19(8-10-23-11-9-19)14-21-18(22)12-15-4-1-2-5-15/h3,6-7,13,15H,1-2,4-5,8-12,14H2,(H,21,22). The predicted molar refractivity (Wildman–Crippen MR) is 95.5 cm³/mol. The van der Waals surface area contributed by atoms with Gasteiger partial charge in [-0.3, -0.25) is 4.79 Å². The van der Waals surface area contributed by atoms with Gasteiger partial charge in [-0.1, -0.05) is 40.9 Å². The zero-order valence-corrected chi connectivity index (χ0v) is 15.2. The van der Waals surface area contributed by atoms with Gasteiger partial charge in [0.25, 0.3) is 0 Å². The summed E-state index contributed by atoms with van der Waals surface area (Å²) in [6.45, 7) is 2.26. The quantitative estimate of drug-likeness (QED) is 0.832. The first-order valence-corrected chi connectivity index (χ1v) is 9.58. The minimum absolute atomic E-state index is 0.00731. The fraction of sp³-hybridized carbons (Fsp3) is 0.632. The molecule has 0 spiro atoms. The molecule has 3 rings (SSSR count). The van der Waals surface area contributed by atoms with Crippen molar-refractivity contribution in [3.63, 3.8) is 0 Å². The van der Waals surface area contributed by atoms with Gasteiger partial charge < -0.3 is 10.1 Å². The van der Waals surface area contributed by atoms with E-state index in [9.17, 15) is 4.79 Å². The van der Waals surface area contributed by atoms with Gasteiger partial charge in [0.2, 0.25) is 5.91 Å². The van der Waals surface area contributed by atoms with E-state index in [0.29, 0.717) is 12.3 Å². The third kappa shape index (κ3) is 4.36. The van der Waals surface area contributed by atoms with Gasteiger partial charge in [0.1, 0.15) is 0 Å². The number of benzene rings is 1. The topological polar surface area (TPSA) is 38.3 Å². The van der Waals surface area contributed by atoms with E-state index >= 15 is 0 Å². The predicted octanol–water partition coefficient (Wildman–Crippen LogP) is 4.19. The molecule has 2 aliphatic rings. The average Bonchev–Trinajstić information content (AvgIpc) is 3.07. The minimum Gasteiger partial charge on any atom is -0.381 e. The van der Waals surface area contributed by atoms with E-state index in [4.69, 9.17) is 4.74 Å². The van der Waals surface area contributed by atoms with Crippen molar-refractivity contribution in [3.05, 3.63) is 34.3 Å². The molecule has 0 atom stereocenters. The number of hydrogen-bond donors (Lipinski definition) is 1. The molecule has 0 unspecified atom stereocenters. The summed E-state index contributed by atoms with van der Waals surface area (Å²) in [7, 11) is 0. The first kappa shape index (κ1) is 17.0. The minimum atomic E-state index is 0.00731. The molecule has 1 saturated carbocycles. The molecule has 1 aliphatic carbocycles. The molecule has 1 saturated heterocycles. The van der Waals surface area contributed by atoms with Gasteiger partial charge in [0.15, 0.2) is 0 Å². The molecule has 0 aromatic heterocycles. The number of halogens is 1. The number of carbonyl (C=O) groups excluding carboxylic acids is 1. The first-order chi connectivity index (χ1) is 11.2. The summed E-state index contributed by atoms with van der Waals surface area (Å²) < 4.78 is 6.66. The Labute approximate surface area is 147 Å². The van der Waals surface area contributed by atoms with Gasteiger partial charge in [-0.2, -0.15) is 0 Å². The molecule has 1 amide bonds. The van der Waals surface area contributed by atoms with Crippen LogP contribution in [-0.2, 0) is 14.9 Å². The van der Waals surface area contributed by atoms with Crippen molar-refractivity contribution >= 4 is 21.8 Å². The number of amides is 1. The van der Waals surface area contributed by atoms with E-state index in [-0.39, 0.29) is 11.3 Å². The molecule has 1 heterocycles. The Bertz CT molecular complexity index is 534. The van der Waals surface area contributed by atoms with Crippen LogP contribution in [-0.4, -0.2) is 25.7 Å². The molecule has 1 N–H and O–H groups in total. The Morgan fingerprint density at radius 1 is 1.26 bits per heavy atom. The van der Waals surface area contributed by atoms with Crippen LogP contribution in [0.25, 0.3) is 0 Å². The maximum atomic E-state index is 12.3. The molecule has 2 fully saturated rings. The second-order valence-electron chi connectivity index (χ2n) is 7.03. The van der Waals surface area contributed by atoms with Crippen molar-refractivity contribution in [3.8, 4) is 0 Å². The van der Waals surface area contributed by atoms with Crippen molar-refractivity contribution in [1.82, 2.24) is 5.32 Å². The summed E-state index contributed by atoms with van der Waals surface area (Å²) in [5.41, 5.74) is 1.31. The highest BCUT2D eigenvalue weighted by atomic mass is 79.9. The molecule has 1 aliphatic heterocycles. The lowest BCUT2D eigenvalue weighted by molar-refractivity contribution is -0.122. The van der Waals surface area contributed by atoms with Crippen molar-refractivity contribution in [1.29, 1.82) is 0 Å². The number of rotatable bonds is 5. The van der Waals surface area contributed by atoms with Gasteiger partial charge in [-0.05, 0) is 49.3 Å². The largest absolute Gasteiger partial charge is 0.381 e. The van der Waals surface area contributed by atoms with E-state index in [1.165, 1.54) is 31.2 Å². The normalized spacial score (nSPS) is 21.3. The van der Waals surface area contributed by atoms with Crippen LogP contribution in [0.4, 0.5) is 0 Å². The molecule has 126 valence electrons. The highest BCUT2D eigenvalue weighted by Crippen LogP contribution is 2.35. The van der Waals surface area contributed by atoms with E-state index in [2.05, 4.69) is 45.5 Å². The smallest absolute Gasteiger partial charge is 0.220 e. The van der Waals surface area contributed by atoms with Crippen molar-refractivity contribution < 1.29 is 9.53 Å².